The first-order valence-electron chi connectivity index (χ1n) is 6.60. The Bertz CT molecular complexity index is 317. The zero-order chi connectivity index (χ0) is 12.1. The van der Waals surface area contributed by atoms with Crippen molar-refractivity contribution in [1.82, 2.24) is 15.6 Å². The Morgan fingerprint density at radius 3 is 2.47 bits per heavy atom. The minimum atomic E-state index is 0.411. The molecule has 1 aromatic rings. The van der Waals surface area contributed by atoms with Crippen molar-refractivity contribution in [2.75, 3.05) is 14.1 Å². The highest BCUT2D eigenvalue weighted by Crippen LogP contribution is 2.33. The molecule has 1 aromatic heterocycles. The largest absolute Gasteiger partial charge is 0.317 e. The second-order valence-corrected chi connectivity index (χ2v) is 4.92. The van der Waals surface area contributed by atoms with Gasteiger partial charge in [-0.1, -0.05) is 6.07 Å². The molecule has 1 unspecified atom stereocenters. The average molecular weight is 233 g/mol. The van der Waals surface area contributed by atoms with Gasteiger partial charge in [-0.05, 0) is 57.8 Å². The van der Waals surface area contributed by atoms with E-state index >= 15 is 0 Å². The van der Waals surface area contributed by atoms with Crippen molar-refractivity contribution in [3.8, 4) is 0 Å². The van der Waals surface area contributed by atoms with Crippen LogP contribution in [0.3, 0.4) is 0 Å². The lowest BCUT2D eigenvalue weighted by Gasteiger charge is -2.33. The zero-order valence-electron chi connectivity index (χ0n) is 10.8. The summed E-state index contributed by atoms with van der Waals surface area (Å²) in [5.41, 5.74) is 1.18. The van der Waals surface area contributed by atoms with E-state index in [1.165, 1.54) is 31.4 Å². The van der Waals surface area contributed by atoms with Crippen LogP contribution in [0, 0.1) is 5.92 Å². The van der Waals surface area contributed by atoms with Gasteiger partial charge in [0.1, 0.15) is 0 Å². The minimum absolute atomic E-state index is 0.411. The molecule has 0 aromatic carbocycles. The lowest BCUT2D eigenvalue weighted by Crippen LogP contribution is -2.35. The fourth-order valence-electron chi connectivity index (χ4n) is 2.93. The maximum Gasteiger partial charge on any atom is 0.0575 e. The molecular formula is C14H23N3. The summed E-state index contributed by atoms with van der Waals surface area (Å²) in [6.07, 6.45) is 7.03. The molecule has 0 aliphatic heterocycles. The van der Waals surface area contributed by atoms with Gasteiger partial charge in [-0.25, -0.2) is 0 Å². The van der Waals surface area contributed by atoms with Gasteiger partial charge in [0, 0.05) is 12.2 Å². The molecule has 1 atom stereocenters. The fourth-order valence-corrected chi connectivity index (χ4v) is 2.93. The molecule has 0 saturated heterocycles. The smallest absolute Gasteiger partial charge is 0.0575 e. The molecule has 3 heteroatoms. The molecule has 0 spiro atoms. The van der Waals surface area contributed by atoms with Crippen molar-refractivity contribution >= 4 is 0 Å². The van der Waals surface area contributed by atoms with Gasteiger partial charge in [0.05, 0.1) is 11.7 Å². The lowest BCUT2D eigenvalue weighted by atomic mass is 9.80. The van der Waals surface area contributed by atoms with Gasteiger partial charge in [-0.15, -0.1) is 0 Å². The molecule has 2 rings (SSSR count). The third-order valence-corrected chi connectivity index (χ3v) is 3.97. The maximum absolute atomic E-state index is 4.49. The van der Waals surface area contributed by atoms with Crippen LogP contribution in [0.25, 0.3) is 0 Å². The zero-order valence-corrected chi connectivity index (χ0v) is 10.8. The van der Waals surface area contributed by atoms with E-state index in [9.17, 15) is 0 Å². The van der Waals surface area contributed by atoms with E-state index in [0.717, 1.165) is 5.92 Å². The Balaban J connectivity index is 2.00. The summed E-state index contributed by atoms with van der Waals surface area (Å²) < 4.78 is 0. The highest BCUT2D eigenvalue weighted by molar-refractivity contribution is 5.10. The molecule has 0 bridgehead atoms. The summed E-state index contributed by atoms with van der Waals surface area (Å²) in [7, 11) is 4.11. The van der Waals surface area contributed by atoms with Gasteiger partial charge >= 0.3 is 0 Å². The normalized spacial score (nSPS) is 26.7. The van der Waals surface area contributed by atoms with Crippen molar-refractivity contribution in [3.63, 3.8) is 0 Å². The summed E-state index contributed by atoms with van der Waals surface area (Å²) >= 11 is 0. The van der Waals surface area contributed by atoms with Crippen LogP contribution in [0.5, 0.6) is 0 Å². The van der Waals surface area contributed by atoms with Crippen LogP contribution < -0.4 is 10.6 Å². The standard InChI is InChI=1S/C14H23N3/c1-15-12-8-6-11(7-9-12)14(16-2)13-5-3-4-10-17-13/h3-5,10-12,14-16H,6-9H2,1-2H3. The van der Waals surface area contributed by atoms with Gasteiger partial charge in [0.25, 0.3) is 0 Å². The van der Waals surface area contributed by atoms with E-state index in [-0.39, 0.29) is 0 Å². The van der Waals surface area contributed by atoms with Crippen molar-refractivity contribution in [2.45, 2.75) is 37.8 Å². The number of rotatable bonds is 4. The average Bonchev–Trinajstić information content (AvgIpc) is 2.42. The molecule has 1 heterocycles. The van der Waals surface area contributed by atoms with Crippen molar-refractivity contribution < 1.29 is 0 Å². The van der Waals surface area contributed by atoms with Crippen molar-refractivity contribution in [1.29, 1.82) is 0 Å². The van der Waals surface area contributed by atoms with Crippen LogP contribution in [-0.2, 0) is 0 Å². The van der Waals surface area contributed by atoms with Crippen LogP contribution >= 0.6 is 0 Å². The molecular weight excluding hydrogens is 210 g/mol. The highest BCUT2D eigenvalue weighted by atomic mass is 14.9. The molecule has 94 valence electrons. The van der Waals surface area contributed by atoms with Crippen LogP contribution in [0.15, 0.2) is 24.4 Å². The Labute approximate surface area is 104 Å². The van der Waals surface area contributed by atoms with Crippen molar-refractivity contribution in [2.24, 2.45) is 5.92 Å². The first-order valence-corrected chi connectivity index (χ1v) is 6.60. The predicted octanol–water partition coefficient (Wildman–Crippen LogP) is 2.12. The molecule has 1 aliphatic carbocycles. The number of aromatic nitrogens is 1. The fraction of sp³-hybridized carbons (Fsp3) is 0.643. The van der Waals surface area contributed by atoms with E-state index in [2.05, 4.69) is 34.8 Å². The third-order valence-electron chi connectivity index (χ3n) is 3.97. The molecule has 1 fully saturated rings. The topological polar surface area (TPSA) is 37.0 Å². The molecule has 1 aliphatic rings. The molecule has 17 heavy (non-hydrogen) atoms. The first kappa shape index (κ1) is 12.5. The summed E-state index contributed by atoms with van der Waals surface area (Å²) in [6.45, 7) is 0. The molecule has 3 nitrogen and oxygen atoms in total. The molecule has 0 radical (unpaired) electrons. The second kappa shape index (κ2) is 6.12. The Morgan fingerprint density at radius 1 is 1.18 bits per heavy atom. The monoisotopic (exact) mass is 233 g/mol. The van der Waals surface area contributed by atoms with E-state index in [1.807, 2.05) is 19.3 Å². The van der Waals surface area contributed by atoms with Gasteiger partial charge in [0.15, 0.2) is 0 Å². The number of hydrogen-bond acceptors (Lipinski definition) is 3. The highest BCUT2D eigenvalue weighted by Gasteiger charge is 2.27. The van der Waals surface area contributed by atoms with Gasteiger partial charge in [0.2, 0.25) is 0 Å². The maximum atomic E-state index is 4.49. The van der Waals surface area contributed by atoms with Gasteiger partial charge in [-0.2, -0.15) is 0 Å². The van der Waals surface area contributed by atoms with E-state index in [1.54, 1.807) is 0 Å². The molecule has 1 saturated carbocycles. The predicted molar refractivity (Wildman–Crippen MR) is 70.8 cm³/mol. The Morgan fingerprint density at radius 2 is 1.94 bits per heavy atom. The number of hydrogen-bond donors (Lipinski definition) is 2. The summed E-state index contributed by atoms with van der Waals surface area (Å²) in [6, 6.07) is 7.31. The second-order valence-electron chi connectivity index (χ2n) is 4.92. The molecule has 2 N–H and O–H groups in total. The minimum Gasteiger partial charge on any atom is -0.317 e. The number of nitrogens with one attached hydrogen (secondary N) is 2. The van der Waals surface area contributed by atoms with Crippen LogP contribution in [0.2, 0.25) is 0 Å². The Kier molecular flexibility index (Phi) is 4.51. The van der Waals surface area contributed by atoms with Crippen LogP contribution in [-0.4, -0.2) is 25.1 Å². The van der Waals surface area contributed by atoms with Crippen molar-refractivity contribution in [3.05, 3.63) is 30.1 Å². The van der Waals surface area contributed by atoms with Gasteiger partial charge in [-0.3, -0.25) is 4.98 Å². The number of nitrogens with zero attached hydrogens (tertiary/aromatic N) is 1. The quantitative estimate of drug-likeness (QED) is 0.836. The molecule has 0 amide bonds. The van der Waals surface area contributed by atoms with E-state index in [0.29, 0.717) is 12.1 Å². The van der Waals surface area contributed by atoms with Crippen LogP contribution in [0.1, 0.15) is 37.4 Å². The summed E-state index contributed by atoms with van der Waals surface area (Å²) in [4.78, 5) is 4.49. The van der Waals surface area contributed by atoms with Crippen LogP contribution in [0.4, 0.5) is 0 Å². The summed E-state index contributed by atoms with van der Waals surface area (Å²) in [5.74, 6) is 0.722. The summed E-state index contributed by atoms with van der Waals surface area (Å²) in [5, 5.41) is 6.82. The lowest BCUT2D eigenvalue weighted by molar-refractivity contribution is 0.245. The van der Waals surface area contributed by atoms with E-state index < -0.39 is 0 Å². The van der Waals surface area contributed by atoms with E-state index in [4.69, 9.17) is 0 Å². The Hall–Kier alpha value is -0.930. The number of pyridine rings is 1. The van der Waals surface area contributed by atoms with Gasteiger partial charge < -0.3 is 10.6 Å². The SMILES string of the molecule is CNC1CCC(C(NC)c2ccccn2)CC1. The first-order chi connectivity index (χ1) is 8.35. The third kappa shape index (κ3) is 3.05.